The van der Waals surface area contributed by atoms with Crippen LogP contribution in [0.25, 0.3) is 0 Å². The van der Waals surface area contributed by atoms with E-state index in [1.165, 1.54) is 0 Å². The third kappa shape index (κ3) is 7.89. The summed E-state index contributed by atoms with van der Waals surface area (Å²) in [6.07, 6.45) is -8.95. The summed E-state index contributed by atoms with van der Waals surface area (Å²) in [5.74, 6) is 0. The number of hydrogen-bond acceptors (Lipinski definition) is 3. The predicted octanol–water partition coefficient (Wildman–Crippen LogP) is 5.76. The summed E-state index contributed by atoms with van der Waals surface area (Å²) in [5.41, 5.74) is -0.441. The second kappa shape index (κ2) is 11.0. The van der Waals surface area contributed by atoms with Crippen molar-refractivity contribution in [2.45, 2.75) is 25.4 Å². The van der Waals surface area contributed by atoms with Crippen LogP contribution in [0.3, 0.4) is 0 Å². The van der Waals surface area contributed by atoms with Crippen LogP contribution in [0.15, 0.2) is 66.7 Å². The monoisotopic (exact) mass is 511 g/mol. The number of aromatic nitrogens is 1. The van der Waals surface area contributed by atoms with Gasteiger partial charge in [0.15, 0.2) is 0 Å². The minimum absolute atomic E-state index is 0.00193. The van der Waals surface area contributed by atoms with Crippen LogP contribution in [-0.4, -0.2) is 17.0 Å². The van der Waals surface area contributed by atoms with Crippen molar-refractivity contribution in [2.75, 3.05) is 10.6 Å². The fourth-order valence-electron chi connectivity index (χ4n) is 2.90. The smallest absolute Gasteiger partial charge is 0.332 e. The van der Waals surface area contributed by atoms with Gasteiger partial charge in [0.1, 0.15) is 0 Å². The maximum absolute atomic E-state index is 12.6. The number of rotatable bonds is 6. The molecule has 1 aromatic heterocycles. The van der Waals surface area contributed by atoms with Crippen molar-refractivity contribution in [2.24, 2.45) is 0 Å². The average Bonchev–Trinajstić information content (AvgIpc) is 2.81. The van der Waals surface area contributed by atoms with Gasteiger partial charge in [-0.05, 0) is 60.7 Å². The van der Waals surface area contributed by atoms with E-state index in [4.69, 9.17) is 0 Å². The zero-order chi connectivity index (χ0) is 26.3. The standard InChI is InChI=1S/C23H19F6N5O2/c24-22(25,26)14-4-8-16(9-5-14)33-20(35)30-12-18-2-1-3-19(32-18)13-31-21(36)34-17-10-6-15(7-11-17)23(27,28)29/h1-11H,12-13H2,(H2,30,33,35)(H2,31,34,36). The number of amides is 4. The van der Waals surface area contributed by atoms with E-state index in [9.17, 15) is 35.9 Å². The summed E-state index contributed by atoms with van der Waals surface area (Å²) in [6.45, 7) is -0.00385. The van der Waals surface area contributed by atoms with E-state index in [0.29, 0.717) is 11.4 Å². The Kier molecular flexibility index (Phi) is 8.02. The molecule has 0 atom stereocenters. The number of hydrogen-bond donors (Lipinski definition) is 4. The van der Waals surface area contributed by atoms with Crippen molar-refractivity contribution < 1.29 is 35.9 Å². The zero-order valence-electron chi connectivity index (χ0n) is 18.3. The highest BCUT2D eigenvalue weighted by atomic mass is 19.4. The molecule has 3 aromatic rings. The van der Waals surface area contributed by atoms with E-state index in [2.05, 4.69) is 26.3 Å². The Bertz CT molecular complexity index is 1100. The second-order valence-corrected chi connectivity index (χ2v) is 7.39. The lowest BCUT2D eigenvalue weighted by molar-refractivity contribution is -0.138. The Morgan fingerprint density at radius 1 is 0.611 bits per heavy atom. The molecule has 0 unspecified atom stereocenters. The molecule has 3 rings (SSSR count). The molecule has 13 heteroatoms. The van der Waals surface area contributed by atoms with E-state index >= 15 is 0 Å². The molecule has 0 aliphatic heterocycles. The number of urea groups is 2. The van der Waals surface area contributed by atoms with E-state index in [1.807, 2.05) is 0 Å². The number of carbonyl (C=O) groups excluding carboxylic acids is 2. The highest BCUT2D eigenvalue weighted by molar-refractivity contribution is 5.89. The van der Waals surface area contributed by atoms with E-state index in [-0.39, 0.29) is 24.5 Å². The molecule has 190 valence electrons. The molecule has 4 amide bonds. The first kappa shape index (κ1) is 26.3. The summed E-state index contributed by atoms with van der Waals surface area (Å²) < 4.78 is 75.6. The number of benzene rings is 2. The molecule has 0 aliphatic carbocycles. The minimum Gasteiger partial charge on any atom is -0.332 e. The number of pyridine rings is 1. The highest BCUT2D eigenvalue weighted by Crippen LogP contribution is 2.30. The van der Waals surface area contributed by atoms with Crippen LogP contribution >= 0.6 is 0 Å². The summed E-state index contributed by atoms with van der Waals surface area (Å²) in [4.78, 5) is 28.3. The number of halogens is 6. The Labute approximate surface area is 200 Å². The predicted molar refractivity (Wildman–Crippen MR) is 119 cm³/mol. The van der Waals surface area contributed by atoms with Crippen molar-refractivity contribution in [3.8, 4) is 0 Å². The van der Waals surface area contributed by atoms with Crippen LogP contribution in [0.2, 0.25) is 0 Å². The van der Waals surface area contributed by atoms with Gasteiger partial charge in [-0.15, -0.1) is 0 Å². The Hall–Kier alpha value is -4.29. The fraction of sp³-hybridized carbons (Fsp3) is 0.174. The average molecular weight is 511 g/mol. The van der Waals surface area contributed by atoms with Gasteiger partial charge >= 0.3 is 24.4 Å². The lowest BCUT2D eigenvalue weighted by Gasteiger charge is -2.11. The van der Waals surface area contributed by atoms with Gasteiger partial charge in [0.25, 0.3) is 0 Å². The van der Waals surface area contributed by atoms with Crippen LogP contribution in [0.1, 0.15) is 22.5 Å². The van der Waals surface area contributed by atoms with Gasteiger partial charge in [0.2, 0.25) is 0 Å². The van der Waals surface area contributed by atoms with E-state index in [1.54, 1.807) is 18.2 Å². The number of alkyl halides is 6. The summed E-state index contributed by atoms with van der Waals surface area (Å²) in [7, 11) is 0. The minimum atomic E-state index is -4.48. The maximum Gasteiger partial charge on any atom is 0.416 e. The van der Waals surface area contributed by atoms with Crippen molar-refractivity contribution >= 4 is 23.4 Å². The molecule has 36 heavy (non-hydrogen) atoms. The maximum atomic E-state index is 12.6. The molecule has 2 aromatic carbocycles. The molecule has 0 bridgehead atoms. The lowest BCUT2D eigenvalue weighted by atomic mass is 10.2. The number of anilines is 2. The van der Waals surface area contributed by atoms with Gasteiger partial charge in [-0.2, -0.15) is 26.3 Å². The molecule has 0 spiro atoms. The lowest BCUT2D eigenvalue weighted by Crippen LogP contribution is -2.30. The summed E-state index contributed by atoms with van der Waals surface area (Å²) in [6, 6.07) is 11.5. The van der Waals surface area contributed by atoms with Crippen molar-refractivity contribution in [1.82, 2.24) is 15.6 Å². The van der Waals surface area contributed by atoms with Crippen molar-refractivity contribution in [1.29, 1.82) is 0 Å². The van der Waals surface area contributed by atoms with Gasteiger partial charge in [0, 0.05) is 11.4 Å². The first-order valence-corrected chi connectivity index (χ1v) is 10.3. The van der Waals surface area contributed by atoms with E-state index in [0.717, 1.165) is 48.5 Å². The van der Waals surface area contributed by atoms with Crippen molar-refractivity contribution in [3.63, 3.8) is 0 Å². The molecule has 1 heterocycles. The quantitative estimate of drug-likeness (QED) is 0.317. The van der Waals surface area contributed by atoms with Crippen LogP contribution in [0.4, 0.5) is 47.3 Å². The number of nitrogens with zero attached hydrogens (tertiary/aromatic N) is 1. The van der Waals surface area contributed by atoms with Gasteiger partial charge in [-0.1, -0.05) is 6.07 Å². The molecular weight excluding hydrogens is 492 g/mol. The Morgan fingerprint density at radius 3 is 1.31 bits per heavy atom. The van der Waals surface area contributed by atoms with Gasteiger partial charge in [-0.25, -0.2) is 9.59 Å². The SMILES string of the molecule is O=C(NCc1cccc(CNC(=O)Nc2ccc(C(F)(F)F)cc2)n1)Nc1ccc(C(F)(F)F)cc1. The Morgan fingerprint density at radius 2 is 0.972 bits per heavy atom. The normalized spacial score (nSPS) is 11.5. The summed E-state index contributed by atoms with van der Waals surface area (Å²) in [5, 5.41) is 9.85. The van der Waals surface area contributed by atoms with E-state index < -0.39 is 35.5 Å². The fourth-order valence-corrected chi connectivity index (χ4v) is 2.90. The molecule has 0 saturated carbocycles. The number of nitrogens with one attached hydrogen (secondary N) is 4. The third-order valence-electron chi connectivity index (χ3n) is 4.66. The molecule has 0 saturated heterocycles. The number of carbonyl (C=O) groups is 2. The van der Waals surface area contributed by atoms with Gasteiger partial charge < -0.3 is 21.3 Å². The summed E-state index contributed by atoms with van der Waals surface area (Å²) >= 11 is 0. The largest absolute Gasteiger partial charge is 0.416 e. The molecule has 0 radical (unpaired) electrons. The first-order valence-electron chi connectivity index (χ1n) is 10.3. The van der Waals surface area contributed by atoms with Crippen molar-refractivity contribution in [3.05, 3.63) is 89.2 Å². The molecular formula is C23H19F6N5O2. The zero-order valence-corrected chi connectivity index (χ0v) is 18.3. The Balaban J connectivity index is 1.46. The third-order valence-corrected chi connectivity index (χ3v) is 4.66. The topological polar surface area (TPSA) is 95.2 Å². The van der Waals surface area contributed by atoms with Gasteiger partial charge in [0.05, 0.1) is 35.6 Å². The van der Waals surface area contributed by atoms with Gasteiger partial charge in [-0.3, -0.25) is 4.98 Å². The van der Waals surface area contributed by atoms with Crippen LogP contribution in [-0.2, 0) is 25.4 Å². The first-order chi connectivity index (χ1) is 16.9. The molecule has 7 nitrogen and oxygen atoms in total. The van der Waals surface area contributed by atoms with Crippen LogP contribution in [0, 0.1) is 0 Å². The van der Waals surface area contributed by atoms with Crippen LogP contribution < -0.4 is 21.3 Å². The molecule has 4 N–H and O–H groups in total. The van der Waals surface area contributed by atoms with Crippen LogP contribution in [0.5, 0.6) is 0 Å². The highest BCUT2D eigenvalue weighted by Gasteiger charge is 2.30. The molecule has 0 fully saturated rings. The second-order valence-electron chi connectivity index (χ2n) is 7.39. The molecule has 0 aliphatic rings.